The molecule has 0 saturated heterocycles. The molecule has 4 heteroatoms. The number of halogens is 2. The molecular formula is C28H38F2O2. The van der Waals surface area contributed by atoms with Gasteiger partial charge >= 0.3 is 5.97 Å². The number of allylic oxidation sites excluding steroid dienone is 1. The molecule has 1 aromatic rings. The van der Waals surface area contributed by atoms with Crippen LogP contribution >= 0.6 is 0 Å². The van der Waals surface area contributed by atoms with Crippen LogP contribution in [0.2, 0.25) is 0 Å². The van der Waals surface area contributed by atoms with Crippen LogP contribution < -0.4 is 4.74 Å². The molecule has 0 amide bonds. The highest BCUT2D eigenvalue weighted by Gasteiger charge is 2.43. The molecule has 0 heterocycles. The van der Waals surface area contributed by atoms with Crippen molar-refractivity contribution < 1.29 is 18.3 Å². The van der Waals surface area contributed by atoms with E-state index >= 15 is 0 Å². The molecule has 3 aliphatic carbocycles. The van der Waals surface area contributed by atoms with Gasteiger partial charge in [-0.3, -0.25) is 4.79 Å². The Morgan fingerprint density at radius 2 is 1.69 bits per heavy atom. The first kappa shape index (κ1) is 23.4. The highest BCUT2D eigenvalue weighted by atomic mass is 19.1. The number of rotatable bonds is 6. The Morgan fingerprint density at radius 1 is 1.00 bits per heavy atom. The van der Waals surface area contributed by atoms with Crippen molar-refractivity contribution in [3.63, 3.8) is 0 Å². The average molecular weight is 445 g/mol. The summed E-state index contributed by atoms with van der Waals surface area (Å²) in [5, 5.41) is 0. The third-order valence-electron chi connectivity index (χ3n) is 8.80. The van der Waals surface area contributed by atoms with Gasteiger partial charge in [-0.2, -0.15) is 0 Å². The predicted octanol–water partition coefficient (Wildman–Crippen LogP) is 7.78. The van der Waals surface area contributed by atoms with Crippen molar-refractivity contribution in [1.29, 1.82) is 0 Å². The van der Waals surface area contributed by atoms with E-state index in [4.69, 9.17) is 4.74 Å². The van der Waals surface area contributed by atoms with E-state index in [0.717, 1.165) is 55.6 Å². The summed E-state index contributed by atoms with van der Waals surface area (Å²) in [7, 11) is 0. The number of carbonyl (C=O) groups is 1. The van der Waals surface area contributed by atoms with Crippen LogP contribution in [0.3, 0.4) is 0 Å². The summed E-state index contributed by atoms with van der Waals surface area (Å²) in [5.74, 6) is 1.67. The first-order chi connectivity index (χ1) is 15.5. The summed E-state index contributed by atoms with van der Waals surface area (Å²) in [4.78, 5) is 13.0. The fourth-order valence-electron chi connectivity index (χ4n) is 6.89. The summed E-state index contributed by atoms with van der Waals surface area (Å²) in [6.45, 7) is 5.24. The number of carbonyl (C=O) groups excluding carboxylic acids is 1. The Morgan fingerprint density at radius 3 is 2.38 bits per heavy atom. The van der Waals surface area contributed by atoms with Gasteiger partial charge in [0, 0.05) is 17.7 Å². The molecule has 0 aliphatic heterocycles. The molecule has 3 saturated carbocycles. The van der Waals surface area contributed by atoms with Gasteiger partial charge < -0.3 is 4.74 Å². The Hall–Kier alpha value is -1.71. The van der Waals surface area contributed by atoms with Gasteiger partial charge in [0.05, 0.1) is 5.92 Å². The van der Waals surface area contributed by atoms with Gasteiger partial charge in [0.2, 0.25) is 0 Å². The number of benzene rings is 1. The first-order valence-electron chi connectivity index (χ1n) is 12.7. The number of hydrogen-bond acceptors (Lipinski definition) is 2. The third-order valence-corrected chi connectivity index (χ3v) is 8.80. The van der Waals surface area contributed by atoms with Crippen LogP contribution in [0.15, 0.2) is 24.8 Å². The molecule has 176 valence electrons. The van der Waals surface area contributed by atoms with E-state index in [2.05, 4.69) is 6.58 Å². The normalized spacial score (nSPS) is 32.7. The molecule has 3 aliphatic rings. The van der Waals surface area contributed by atoms with E-state index in [1.54, 1.807) is 0 Å². The molecule has 32 heavy (non-hydrogen) atoms. The molecule has 4 unspecified atom stereocenters. The summed E-state index contributed by atoms with van der Waals surface area (Å²) < 4.78 is 33.2. The molecule has 1 aromatic carbocycles. The molecular weight excluding hydrogens is 406 g/mol. The van der Waals surface area contributed by atoms with Crippen LogP contribution in [0.25, 0.3) is 0 Å². The van der Waals surface area contributed by atoms with Crippen molar-refractivity contribution in [2.24, 2.45) is 35.5 Å². The van der Waals surface area contributed by atoms with Crippen LogP contribution in [-0.4, -0.2) is 5.97 Å². The number of ether oxygens (including phenoxy) is 1. The lowest BCUT2D eigenvalue weighted by Crippen LogP contribution is -2.40. The van der Waals surface area contributed by atoms with E-state index in [-0.39, 0.29) is 23.2 Å². The first-order valence-corrected chi connectivity index (χ1v) is 12.7. The molecule has 4 rings (SSSR count). The maximum Gasteiger partial charge on any atom is 0.314 e. The number of hydrogen-bond donors (Lipinski definition) is 0. The summed E-state index contributed by atoms with van der Waals surface area (Å²) in [6, 6.07) is 2.25. The predicted molar refractivity (Wildman–Crippen MR) is 123 cm³/mol. The minimum absolute atomic E-state index is 0.0142. The van der Waals surface area contributed by atoms with Crippen molar-refractivity contribution in [3.8, 4) is 5.75 Å². The zero-order valence-electron chi connectivity index (χ0n) is 19.5. The smallest absolute Gasteiger partial charge is 0.314 e. The SMILES string of the molecule is C=CCCC1CCC(C2CCC3C(CCCC3C(=O)Oc3cc(F)c(C)c(F)c3)C2)CC1. The minimum atomic E-state index is -0.672. The van der Waals surface area contributed by atoms with Crippen molar-refractivity contribution >= 4 is 5.97 Å². The van der Waals surface area contributed by atoms with E-state index in [9.17, 15) is 13.6 Å². The van der Waals surface area contributed by atoms with Crippen LogP contribution in [-0.2, 0) is 4.79 Å². The van der Waals surface area contributed by atoms with Gasteiger partial charge in [-0.15, -0.1) is 6.58 Å². The van der Waals surface area contributed by atoms with Crippen molar-refractivity contribution in [2.75, 3.05) is 0 Å². The summed E-state index contributed by atoms with van der Waals surface area (Å²) >= 11 is 0. The van der Waals surface area contributed by atoms with Crippen LogP contribution in [0.1, 0.15) is 82.6 Å². The fourth-order valence-corrected chi connectivity index (χ4v) is 6.89. The van der Waals surface area contributed by atoms with E-state index in [1.807, 2.05) is 6.08 Å². The zero-order valence-corrected chi connectivity index (χ0v) is 19.5. The van der Waals surface area contributed by atoms with Crippen LogP contribution in [0.4, 0.5) is 8.78 Å². The molecule has 0 bridgehead atoms. The van der Waals surface area contributed by atoms with Gasteiger partial charge in [-0.25, -0.2) is 8.78 Å². The van der Waals surface area contributed by atoms with Gasteiger partial charge in [0.25, 0.3) is 0 Å². The lowest BCUT2D eigenvalue weighted by atomic mass is 9.59. The Labute approximate surface area is 191 Å². The minimum Gasteiger partial charge on any atom is -0.426 e. The summed E-state index contributed by atoms with van der Waals surface area (Å²) in [5.41, 5.74) is -0.0457. The van der Waals surface area contributed by atoms with Crippen LogP contribution in [0, 0.1) is 54.1 Å². The molecule has 3 fully saturated rings. The van der Waals surface area contributed by atoms with Gasteiger partial charge in [0.1, 0.15) is 17.4 Å². The van der Waals surface area contributed by atoms with Crippen LogP contribution in [0.5, 0.6) is 5.75 Å². The topological polar surface area (TPSA) is 26.3 Å². The third kappa shape index (κ3) is 5.26. The zero-order chi connectivity index (χ0) is 22.7. The fraction of sp³-hybridized carbons (Fsp3) is 0.679. The molecule has 0 aromatic heterocycles. The molecule has 0 radical (unpaired) electrons. The average Bonchev–Trinajstić information content (AvgIpc) is 2.80. The molecule has 0 N–H and O–H groups in total. The Bertz CT molecular complexity index is 789. The highest BCUT2D eigenvalue weighted by molar-refractivity contribution is 5.75. The second-order valence-corrected chi connectivity index (χ2v) is 10.6. The lowest BCUT2D eigenvalue weighted by Gasteiger charge is -2.46. The standard InChI is InChI=1S/C28H38F2O2/c1-3-4-6-19-9-11-20(12-10-19)21-13-14-24-22(15-21)7-5-8-25(24)28(31)32-23-16-26(29)18(2)27(30)17-23/h3,16-17,19-22,24-25H,1,4-15H2,2H3. The number of esters is 1. The monoisotopic (exact) mass is 444 g/mol. The second kappa shape index (κ2) is 10.5. The van der Waals surface area contributed by atoms with Gasteiger partial charge in [-0.05, 0) is 87.9 Å². The largest absolute Gasteiger partial charge is 0.426 e. The molecule has 0 spiro atoms. The van der Waals surface area contributed by atoms with Gasteiger partial charge in [-0.1, -0.05) is 31.8 Å². The number of fused-ring (bicyclic) bond motifs is 1. The Balaban J connectivity index is 1.33. The van der Waals surface area contributed by atoms with Gasteiger partial charge in [0.15, 0.2) is 0 Å². The maximum atomic E-state index is 13.9. The molecule has 4 atom stereocenters. The maximum absolute atomic E-state index is 13.9. The summed E-state index contributed by atoms with van der Waals surface area (Å²) in [6.07, 6.45) is 16.5. The van der Waals surface area contributed by atoms with E-state index in [0.29, 0.717) is 11.8 Å². The lowest BCUT2D eigenvalue weighted by molar-refractivity contribution is -0.144. The second-order valence-electron chi connectivity index (χ2n) is 10.6. The quantitative estimate of drug-likeness (QED) is 0.254. The molecule has 2 nitrogen and oxygen atoms in total. The van der Waals surface area contributed by atoms with E-state index < -0.39 is 11.6 Å². The highest BCUT2D eigenvalue weighted by Crippen LogP contribution is 2.50. The van der Waals surface area contributed by atoms with Crippen molar-refractivity contribution in [2.45, 2.75) is 84.0 Å². The van der Waals surface area contributed by atoms with E-state index in [1.165, 1.54) is 58.3 Å². The van der Waals surface area contributed by atoms with Crippen molar-refractivity contribution in [3.05, 3.63) is 42.0 Å². The Kier molecular flexibility index (Phi) is 7.68. The van der Waals surface area contributed by atoms with Crippen molar-refractivity contribution in [1.82, 2.24) is 0 Å².